The summed E-state index contributed by atoms with van der Waals surface area (Å²) in [6.45, 7) is 12.0. The molecule has 118 valence electrons. The van der Waals surface area contributed by atoms with Crippen LogP contribution in [0.25, 0.3) is 0 Å². The normalized spacial score (nSPS) is 15.9. The molecular weight excluding hydrogens is 283 g/mol. The first-order valence-corrected chi connectivity index (χ1v) is 7.75. The van der Waals surface area contributed by atoms with Gasteiger partial charge in [0, 0.05) is 4.57 Å². The molecule has 0 aromatic carbocycles. The molecule has 0 saturated carbocycles. The lowest BCUT2D eigenvalue weighted by Crippen LogP contribution is -2.38. The summed E-state index contributed by atoms with van der Waals surface area (Å²) in [6.07, 6.45) is 0.705. The van der Waals surface area contributed by atoms with Gasteiger partial charge in [0.1, 0.15) is 13.2 Å². The number of hydrogen-bond donors (Lipinski definition) is 1. The molecule has 0 aromatic rings. The van der Waals surface area contributed by atoms with Gasteiger partial charge >= 0.3 is 14.2 Å². The molecule has 2 atom stereocenters. The van der Waals surface area contributed by atoms with E-state index in [1.54, 1.807) is 0 Å². The highest BCUT2D eigenvalue weighted by atomic mass is 31.1. The first-order valence-electron chi connectivity index (χ1n) is 6.62. The van der Waals surface area contributed by atoms with Gasteiger partial charge in [-0.1, -0.05) is 34.6 Å². The maximum atomic E-state index is 12.3. The van der Waals surface area contributed by atoms with Gasteiger partial charge in [-0.25, -0.2) is 0 Å². The molecule has 0 saturated heterocycles. The molecule has 0 rings (SSSR count). The molecule has 0 amide bonds. The minimum atomic E-state index is -2.80. The van der Waals surface area contributed by atoms with Crippen molar-refractivity contribution in [2.75, 3.05) is 13.2 Å². The maximum absolute atomic E-state index is 12.3. The Morgan fingerprint density at radius 3 is 2.15 bits per heavy atom. The molecule has 0 radical (unpaired) electrons. The Labute approximate surface area is 121 Å². The molecule has 0 aliphatic heterocycles. The Morgan fingerprint density at radius 2 is 1.75 bits per heavy atom. The number of rotatable bonds is 8. The van der Waals surface area contributed by atoms with E-state index in [1.807, 2.05) is 20.8 Å². The summed E-state index contributed by atoms with van der Waals surface area (Å²) in [4.78, 5) is 25.0. The molecule has 0 spiro atoms. The van der Waals surface area contributed by atoms with E-state index in [4.69, 9.17) is 9.63 Å². The predicted octanol–water partition coefficient (Wildman–Crippen LogP) is 3.23. The molecule has 0 aliphatic carbocycles. The second-order valence-electron chi connectivity index (χ2n) is 6.58. The SMILES string of the molecule is CC(C)C(C)(CC(C)(C)C)C(=O)OCCOO[P+](=O)O. The van der Waals surface area contributed by atoms with E-state index < -0.39 is 13.7 Å². The van der Waals surface area contributed by atoms with E-state index in [0.717, 1.165) is 0 Å². The first kappa shape index (κ1) is 19.4. The third-order valence-corrected chi connectivity index (χ3v) is 3.39. The largest absolute Gasteiger partial charge is 0.725 e. The fourth-order valence-electron chi connectivity index (χ4n) is 2.03. The average Bonchev–Trinajstić information content (AvgIpc) is 2.25. The molecular formula is C13H26O6P+. The molecule has 0 heterocycles. The third-order valence-electron chi connectivity index (χ3n) is 3.15. The summed E-state index contributed by atoms with van der Waals surface area (Å²) in [5.41, 5.74) is -0.575. The fraction of sp³-hybridized carbons (Fsp3) is 0.923. The van der Waals surface area contributed by atoms with Crippen molar-refractivity contribution in [3.63, 3.8) is 0 Å². The summed E-state index contributed by atoms with van der Waals surface area (Å²) in [5, 5.41) is 0. The van der Waals surface area contributed by atoms with E-state index in [9.17, 15) is 9.36 Å². The van der Waals surface area contributed by atoms with E-state index in [1.165, 1.54) is 0 Å². The Kier molecular flexibility index (Phi) is 7.81. The Bertz CT molecular complexity index is 336. The zero-order chi connectivity index (χ0) is 16.0. The van der Waals surface area contributed by atoms with E-state index in [2.05, 4.69) is 30.3 Å². The van der Waals surface area contributed by atoms with Gasteiger partial charge in [0.05, 0.1) is 10.1 Å². The molecule has 6 nitrogen and oxygen atoms in total. The minimum Gasteiger partial charge on any atom is -0.463 e. The molecule has 0 bridgehead atoms. The second-order valence-corrected chi connectivity index (χ2v) is 7.20. The minimum absolute atomic E-state index is 0.00688. The van der Waals surface area contributed by atoms with Gasteiger partial charge in [0.25, 0.3) is 0 Å². The average molecular weight is 309 g/mol. The highest BCUT2D eigenvalue weighted by molar-refractivity contribution is 7.31. The smallest absolute Gasteiger partial charge is 0.463 e. The van der Waals surface area contributed by atoms with Crippen molar-refractivity contribution in [1.29, 1.82) is 0 Å². The number of carbonyl (C=O) groups excluding carboxylic acids is 1. The van der Waals surface area contributed by atoms with Crippen LogP contribution in [-0.2, 0) is 23.7 Å². The number of carbonyl (C=O) groups is 1. The summed E-state index contributed by atoms with van der Waals surface area (Å²) < 4.78 is 19.4. The van der Waals surface area contributed by atoms with Crippen LogP contribution >= 0.6 is 8.25 Å². The summed E-state index contributed by atoms with van der Waals surface area (Å²) >= 11 is 0. The van der Waals surface area contributed by atoms with Gasteiger partial charge in [0.2, 0.25) is 0 Å². The lowest BCUT2D eigenvalue weighted by Gasteiger charge is -2.36. The fourth-order valence-corrected chi connectivity index (χ4v) is 2.19. The van der Waals surface area contributed by atoms with Crippen LogP contribution in [0.5, 0.6) is 0 Å². The highest BCUT2D eigenvalue weighted by Crippen LogP contribution is 2.40. The molecule has 1 N–H and O–H groups in total. The van der Waals surface area contributed by atoms with Crippen LogP contribution in [0.4, 0.5) is 0 Å². The summed E-state index contributed by atoms with van der Waals surface area (Å²) in [5.74, 6) is -0.155. The summed E-state index contributed by atoms with van der Waals surface area (Å²) in [6, 6.07) is 0. The number of hydrogen-bond acceptors (Lipinski definition) is 5. The Morgan fingerprint density at radius 1 is 1.20 bits per heavy atom. The van der Waals surface area contributed by atoms with Crippen molar-refractivity contribution in [3.8, 4) is 0 Å². The highest BCUT2D eigenvalue weighted by Gasteiger charge is 2.41. The van der Waals surface area contributed by atoms with E-state index in [0.29, 0.717) is 6.42 Å². The quantitative estimate of drug-likeness (QED) is 0.244. The van der Waals surface area contributed by atoms with Gasteiger partial charge in [-0.3, -0.25) is 4.79 Å². The number of esters is 1. The molecule has 0 aromatic heterocycles. The monoisotopic (exact) mass is 309 g/mol. The Balaban J connectivity index is 4.41. The van der Waals surface area contributed by atoms with Gasteiger partial charge in [0.15, 0.2) is 0 Å². The molecule has 7 heteroatoms. The van der Waals surface area contributed by atoms with Gasteiger partial charge < -0.3 is 4.74 Å². The maximum Gasteiger partial charge on any atom is 0.725 e. The van der Waals surface area contributed by atoms with Crippen LogP contribution in [0.2, 0.25) is 0 Å². The van der Waals surface area contributed by atoms with Gasteiger partial charge in [-0.05, 0) is 24.7 Å². The van der Waals surface area contributed by atoms with Crippen LogP contribution in [0.1, 0.15) is 48.0 Å². The van der Waals surface area contributed by atoms with Crippen LogP contribution in [0.3, 0.4) is 0 Å². The van der Waals surface area contributed by atoms with Crippen molar-refractivity contribution in [1.82, 2.24) is 0 Å². The third kappa shape index (κ3) is 7.29. The van der Waals surface area contributed by atoms with Gasteiger partial charge in [-0.15, -0.1) is 4.89 Å². The van der Waals surface area contributed by atoms with Crippen LogP contribution in [-0.4, -0.2) is 24.1 Å². The summed E-state index contributed by atoms with van der Waals surface area (Å²) in [7, 11) is -2.80. The number of ether oxygens (including phenoxy) is 1. The zero-order valence-electron chi connectivity index (χ0n) is 13.1. The second kappa shape index (κ2) is 8.03. The van der Waals surface area contributed by atoms with Crippen molar-refractivity contribution < 1.29 is 28.6 Å². The Hall–Kier alpha value is -0.550. The predicted molar refractivity (Wildman–Crippen MR) is 74.8 cm³/mol. The van der Waals surface area contributed by atoms with Crippen molar-refractivity contribution in [3.05, 3.63) is 0 Å². The molecule has 0 fully saturated rings. The van der Waals surface area contributed by atoms with Crippen molar-refractivity contribution in [2.45, 2.75) is 48.0 Å². The topological polar surface area (TPSA) is 82.1 Å². The van der Waals surface area contributed by atoms with Crippen LogP contribution < -0.4 is 0 Å². The lowest BCUT2D eigenvalue weighted by molar-refractivity contribution is -0.218. The van der Waals surface area contributed by atoms with Crippen LogP contribution in [0.15, 0.2) is 0 Å². The lowest BCUT2D eigenvalue weighted by atomic mass is 9.69. The first-order chi connectivity index (χ1) is 8.99. The molecule has 20 heavy (non-hydrogen) atoms. The molecule has 2 unspecified atom stereocenters. The standard InChI is InChI=1S/C13H25O6P/c1-10(2)13(6,9-12(3,4)5)11(14)17-7-8-18-19-20(15)16/h10H,7-9H2,1-6H3/p+1. The van der Waals surface area contributed by atoms with E-state index in [-0.39, 0.29) is 30.5 Å². The van der Waals surface area contributed by atoms with Crippen molar-refractivity contribution in [2.24, 2.45) is 16.7 Å². The molecule has 0 aliphatic rings. The van der Waals surface area contributed by atoms with Crippen LogP contribution in [0, 0.1) is 16.7 Å². The zero-order valence-corrected chi connectivity index (χ0v) is 14.0. The van der Waals surface area contributed by atoms with E-state index >= 15 is 0 Å². The van der Waals surface area contributed by atoms with Crippen molar-refractivity contribution >= 4 is 14.2 Å². The van der Waals surface area contributed by atoms with Gasteiger partial charge in [-0.2, -0.15) is 4.89 Å².